The van der Waals surface area contributed by atoms with Gasteiger partial charge in [0.15, 0.2) is 5.78 Å². The standard InChI is InChI=1S/C22H22BrNO/c1-24(2)21-12-8-17(9-13-21)15-19-5-3-4-18(22(19)25)14-16-6-10-20(23)11-7-16/h6-15H,3-5H2,1-2H3/b18-14+,19-15+. The fourth-order valence-corrected chi connectivity index (χ4v) is 3.27. The van der Waals surface area contributed by atoms with Crippen LogP contribution in [0.1, 0.15) is 30.4 Å². The van der Waals surface area contributed by atoms with Gasteiger partial charge in [0.25, 0.3) is 0 Å². The molecule has 0 N–H and O–H groups in total. The second-order valence-corrected chi connectivity index (χ2v) is 7.48. The van der Waals surface area contributed by atoms with Crippen LogP contribution in [0, 0.1) is 0 Å². The Kier molecular flexibility index (Phi) is 5.54. The Labute approximate surface area is 158 Å². The molecular formula is C22H22BrNO. The number of carbonyl (C=O) groups is 1. The minimum absolute atomic E-state index is 0.186. The number of halogens is 1. The van der Waals surface area contributed by atoms with E-state index in [9.17, 15) is 4.79 Å². The molecule has 0 radical (unpaired) electrons. The summed E-state index contributed by atoms with van der Waals surface area (Å²) in [6.07, 6.45) is 6.79. The Morgan fingerprint density at radius 3 is 1.80 bits per heavy atom. The maximum Gasteiger partial charge on any atom is 0.185 e. The number of allylic oxidation sites excluding steroid dienone is 2. The predicted octanol–water partition coefficient (Wildman–Crippen LogP) is 5.74. The molecule has 2 aromatic rings. The Morgan fingerprint density at radius 2 is 1.32 bits per heavy atom. The van der Waals surface area contributed by atoms with E-state index in [-0.39, 0.29) is 5.78 Å². The molecule has 0 amide bonds. The van der Waals surface area contributed by atoms with Crippen molar-refractivity contribution >= 4 is 39.6 Å². The summed E-state index contributed by atoms with van der Waals surface area (Å²) in [5, 5.41) is 0. The third-order valence-corrected chi connectivity index (χ3v) is 4.97. The zero-order chi connectivity index (χ0) is 17.8. The lowest BCUT2D eigenvalue weighted by Crippen LogP contribution is -2.12. The summed E-state index contributed by atoms with van der Waals surface area (Å²) in [6.45, 7) is 0. The van der Waals surface area contributed by atoms with Gasteiger partial charge >= 0.3 is 0 Å². The van der Waals surface area contributed by atoms with E-state index in [4.69, 9.17) is 0 Å². The average molecular weight is 396 g/mol. The third-order valence-electron chi connectivity index (χ3n) is 4.44. The van der Waals surface area contributed by atoms with Crippen LogP contribution in [0.25, 0.3) is 12.2 Å². The second-order valence-electron chi connectivity index (χ2n) is 6.56. The summed E-state index contributed by atoms with van der Waals surface area (Å²) in [5.41, 5.74) is 5.13. The normalized spacial score (nSPS) is 18.0. The van der Waals surface area contributed by atoms with E-state index in [1.807, 2.05) is 50.5 Å². The molecule has 1 fully saturated rings. The molecule has 0 spiro atoms. The van der Waals surface area contributed by atoms with Crippen LogP contribution in [-0.2, 0) is 4.79 Å². The van der Waals surface area contributed by atoms with Gasteiger partial charge in [-0.05, 0) is 66.8 Å². The van der Waals surface area contributed by atoms with Gasteiger partial charge in [0.05, 0.1) is 0 Å². The highest BCUT2D eigenvalue weighted by atomic mass is 79.9. The first-order valence-electron chi connectivity index (χ1n) is 8.52. The van der Waals surface area contributed by atoms with Crippen LogP contribution in [-0.4, -0.2) is 19.9 Å². The number of Topliss-reactive ketones (excluding diaryl/α,β-unsaturated/α-hetero) is 1. The topological polar surface area (TPSA) is 20.3 Å². The number of hydrogen-bond acceptors (Lipinski definition) is 2. The average Bonchev–Trinajstić information content (AvgIpc) is 2.61. The van der Waals surface area contributed by atoms with Gasteiger partial charge in [-0.3, -0.25) is 4.79 Å². The number of carbonyl (C=O) groups excluding carboxylic acids is 1. The largest absolute Gasteiger partial charge is 0.378 e. The highest BCUT2D eigenvalue weighted by molar-refractivity contribution is 9.10. The lowest BCUT2D eigenvalue weighted by molar-refractivity contribution is -0.112. The SMILES string of the molecule is CN(C)c1ccc(/C=C2\CCC/C(=C\c3ccc(Br)cc3)C2=O)cc1. The van der Waals surface area contributed by atoms with E-state index < -0.39 is 0 Å². The number of ketones is 1. The van der Waals surface area contributed by atoms with Gasteiger partial charge < -0.3 is 4.90 Å². The summed E-state index contributed by atoms with van der Waals surface area (Å²) >= 11 is 3.44. The molecule has 0 saturated heterocycles. The Morgan fingerprint density at radius 1 is 0.840 bits per heavy atom. The lowest BCUT2D eigenvalue weighted by Gasteiger charge is -2.17. The molecule has 3 heteroatoms. The van der Waals surface area contributed by atoms with Gasteiger partial charge in [-0.25, -0.2) is 0 Å². The molecule has 2 aromatic carbocycles. The first kappa shape index (κ1) is 17.7. The molecule has 1 aliphatic rings. The Balaban J connectivity index is 1.82. The van der Waals surface area contributed by atoms with Crippen molar-refractivity contribution in [1.29, 1.82) is 0 Å². The molecule has 1 saturated carbocycles. The summed E-state index contributed by atoms with van der Waals surface area (Å²) < 4.78 is 1.05. The van der Waals surface area contributed by atoms with Crippen molar-refractivity contribution in [2.45, 2.75) is 19.3 Å². The Hall–Kier alpha value is -2.13. The highest BCUT2D eigenvalue weighted by Crippen LogP contribution is 2.28. The minimum atomic E-state index is 0.186. The molecule has 0 bridgehead atoms. The Bertz CT molecular complexity index is 814. The van der Waals surface area contributed by atoms with E-state index >= 15 is 0 Å². The van der Waals surface area contributed by atoms with E-state index in [1.54, 1.807) is 0 Å². The van der Waals surface area contributed by atoms with Crippen LogP contribution >= 0.6 is 15.9 Å². The van der Waals surface area contributed by atoms with Crippen molar-refractivity contribution in [2.24, 2.45) is 0 Å². The molecule has 128 valence electrons. The van der Waals surface area contributed by atoms with E-state index in [0.717, 1.165) is 51.7 Å². The number of anilines is 1. The molecule has 0 aromatic heterocycles. The van der Waals surface area contributed by atoms with Crippen LogP contribution in [0.2, 0.25) is 0 Å². The molecule has 0 aliphatic heterocycles. The minimum Gasteiger partial charge on any atom is -0.378 e. The quantitative estimate of drug-likeness (QED) is 0.617. The fraction of sp³-hybridized carbons (Fsp3) is 0.227. The molecular weight excluding hydrogens is 374 g/mol. The van der Waals surface area contributed by atoms with E-state index in [1.165, 1.54) is 0 Å². The van der Waals surface area contributed by atoms with Gasteiger partial charge in [-0.1, -0.05) is 40.2 Å². The lowest BCUT2D eigenvalue weighted by atomic mass is 9.87. The van der Waals surface area contributed by atoms with Crippen molar-refractivity contribution in [3.8, 4) is 0 Å². The van der Waals surface area contributed by atoms with Crippen molar-refractivity contribution in [3.05, 3.63) is 75.3 Å². The number of benzene rings is 2. The van der Waals surface area contributed by atoms with Gasteiger partial charge in [-0.2, -0.15) is 0 Å². The molecule has 3 rings (SSSR count). The number of rotatable bonds is 3. The van der Waals surface area contributed by atoms with E-state index in [2.05, 4.69) is 45.1 Å². The van der Waals surface area contributed by atoms with Crippen LogP contribution in [0.4, 0.5) is 5.69 Å². The maximum absolute atomic E-state index is 12.8. The first-order chi connectivity index (χ1) is 12.0. The number of hydrogen-bond donors (Lipinski definition) is 0. The summed E-state index contributed by atoms with van der Waals surface area (Å²) in [5.74, 6) is 0.186. The van der Waals surface area contributed by atoms with Gasteiger partial charge in [0.2, 0.25) is 0 Å². The zero-order valence-electron chi connectivity index (χ0n) is 14.6. The van der Waals surface area contributed by atoms with Crippen molar-refractivity contribution in [1.82, 2.24) is 0 Å². The molecule has 1 aliphatic carbocycles. The maximum atomic E-state index is 12.8. The van der Waals surface area contributed by atoms with E-state index in [0.29, 0.717) is 0 Å². The summed E-state index contributed by atoms with van der Waals surface area (Å²) in [6, 6.07) is 16.4. The second kappa shape index (κ2) is 7.83. The summed E-state index contributed by atoms with van der Waals surface area (Å²) in [4.78, 5) is 14.9. The monoisotopic (exact) mass is 395 g/mol. The molecule has 2 nitrogen and oxygen atoms in total. The zero-order valence-corrected chi connectivity index (χ0v) is 16.2. The summed E-state index contributed by atoms with van der Waals surface area (Å²) in [7, 11) is 4.05. The number of nitrogens with zero attached hydrogens (tertiary/aromatic N) is 1. The first-order valence-corrected chi connectivity index (χ1v) is 9.31. The fourth-order valence-electron chi connectivity index (χ4n) is 3.01. The van der Waals surface area contributed by atoms with Gasteiger partial charge in [-0.15, -0.1) is 0 Å². The predicted molar refractivity (Wildman–Crippen MR) is 110 cm³/mol. The molecule has 0 heterocycles. The third kappa shape index (κ3) is 4.49. The van der Waals surface area contributed by atoms with Crippen LogP contribution < -0.4 is 4.90 Å². The smallest absolute Gasteiger partial charge is 0.185 e. The highest BCUT2D eigenvalue weighted by Gasteiger charge is 2.20. The van der Waals surface area contributed by atoms with Crippen LogP contribution in [0.15, 0.2) is 64.1 Å². The molecule has 25 heavy (non-hydrogen) atoms. The molecule has 0 unspecified atom stereocenters. The van der Waals surface area contributed by atoms with Crippen molar-refractivity contribution in [2.75, 3.05) is 19.0 Å². The molecule has 0 atom stereocenters. The van der Waals surface area contributed by atoms with Gasteiger partial charge in [0.1, 0.15) is 0 Å². The van der Waals surface area contributed by atoms with Crippen molar-refractivity contribution in [3.63, 3.8) is 0 Å². The van der Waals surface area contributed by atoms with Crippen LogP contribution in [0.5, 0.6) is 0 Å². The van der Waals surface area contributed by atoms with Crippen molar-refractivity contribution < 1.29 is 4.79 Å². The van der Waals surface area contributed by atoms with Gasteiger partial charge in [0, 0.05) is 35.4 Å². The van der Waals surface area contributed by atoms with Crippen LogP contribution in [0.3, 0.4) is 0 Å².